The molecule has 8 heteroatoms. The van der Waals surface area contributed by atoms with Gasteiger partial charge in [0.25, 0.3) is 0 Å². The number of amides is 4. The van der Waals surface area contributed by atoms with E-state index < -0.39 is 0 Å². The fraction of sp³-hybridized carbons (Fsp3) is 0.733. The minimum Gasteiger partial charge on any atom is -0.285 e. The van der Waals surface area contributed by atoms with Crippen molar-refractivity contribution >= 4 is 47.2 Å². The van der Waals surface area contributed by atoms with E-state index >= 15 is 0 Å². The Morgan fingerprint density at radius 1 is 0.957 bits per heavy atom. The van der Waals surface area contributed by atoms with Gasteiger partial charge >= 0.3 is 0 Å². The van der Waals surface area contributed by atoms with Gasteiger partial charge in [0.1, 0.15) is 0 Å². The molecule has 0 saturated carbocycles. The van der Waals surface area contributed by atoms with Gasteiger partial charge in [-0.1, -0.05) is 13.3 Å². The number of imide groups is 2. The van der Waals surface area contributed by atoms with Crippen molar-refractivity contribution in [2.75, 3.05) is 26.1 Å². The Bertz CT molecular complexity index is 484. The lowest BCUT2D eigenvalue weighted by atomic mass is 10.3. The van der Waals surface area contributed by atoms with Crippen molar-refractivity contribution in [3.05, 3.63) is 0 Å². The van der Waals surface area contributed by atoms with Gasteiger partial charge in [-0.25, -0.2) is 0 Å². The van der Waals surface area contributed by atoms with Crippen LogP contribution in [-0.2, 0) is 19.2 Å². The van der Waals surface area contributed by atoms with Gasteiger partial charge in [-0.3, -0.25) is 29.0 Å². The number of likely N-dealkylation sites (tertiary alicyclic amines) is 2. The Hall–Kier alpha value is -1.02. The molecule has 2 aliphatic rings. The average molecular weight is 361 g/mol. The minimum absolute atomic E-state index is 0.00204. The molecule has 0 N–H and O–H groups in total. The van der Waals surface area contributed by atoms with Crippen LogP contribution in [0.2, 0.25) is 0 Å². The summed E-state index contributed by atoms with van der Waals surface area (Å²) in [5.41, 5.74) is 0. The zero-order valence-corrected chi connectivity index (χ0v) is 15.7. The number of unbranched alkanes of at least 4 members (excludes halogenated alkanes) is 1. The van der Waals surface area contributed by atoms with Gasteiger partial charge in [-0.15, -0.1) is 0 Å². The molecule has 130 valence electrons. The van der Waals surface area contributed by atoms with Gasteiger partial charge in [-0.05, 0) is 18.9 Å². The fourth-order valence-corrected chi connectivity index (χ4v) is 3.60. The number of rotatable bonds is 5. The molecule has 0 radical (unpaired) electrons. The lowest BCUT2D eigenvalue weighted by Crippen LogP contribution is -2.32. The van der Waals surface area contributed by atoms with Gasteiger partial charge in [0.15, 0.2) is 0 Å². The van der Waals surface area contributed by atoms with Gasteiger partial charge in [-0.2, -0.15) is 23.5 Å². The molecule has 2 atom stereocenters. The van der Waals surface area contributed by atoms with Crippen LogP contribution in [0.1, 0.15) is 32.6 Å². The van der Waals surface area contributed by atoms with Gasteiger partial charge < -0.3 is 0 Å². The highest BCUT2D eigenvalue weighted by Gasteiger charge is 2.37. The monoisotopic (exact) mass is 360 g/mol. The molecule has 2 aliphatic heterocycles. The first-order valence-electron chi connectivity index (χ1n) is 7.57. The molecular formula is C15H24N2O4S2. The SMILES string of the molecule is CCCCN1C(=O)CC(SC)C1=O.CSC1CC(=O)N(C)C1=O. The largest absolute Gasteiger partial charge is 0.285 e. The lowest BCUT2D eigenvalue weighted by molar-refractivity contribution is -0.139. The first kappa shape index (κ1) is 20.0. The molecular weight excluding hydrogens is 336 g/mol. The van der Waals surface area contributed by atoms with E-state index in [1.165, 1.54) is 40.4 Å². The zero-order chi connectivity index (χ0) is 17.6. The third-order valence-corrected chi connectivity index (χ3v) is 5.72. The highest BCUT2D eigenvalue weighted by Crippen LogP contribution is 2.23. The van der Waals surface area contributed by atoms with Crippen LogP contribution in [0.5, 0.6) is 0 Å². The Kier molecular flexibility index (Phi) is 8.11. The van der Waals surface area contributed by atoms with Crippen molar-refractivity contribution in [2.45, 2.75) is 43.1 Å². The predicted molar refractivity (Wildman–Crippen MR) is 93.2 cm³/mol. The van der Waals surface area contributed by atoms with E-state index in [0.29, 0.717) is 19.4 Å². The van der Waals surface area contributed by atoms with Crippen molar-refractivity contribution in [3.63, 3.8) is 0 Å². The maximum atomic E-state index is 11.5. The summed E-state index contributed by atoms with van der Waals surface area (Å²) in [6.45, 7) is 2.66. The number of nitrogens with zero attached hydrogens (tertiary/aromatic N) is 2. The molecule has 0 aromatic heterocycles. The molecule has 0 spiro atoms. The summed E-state index contributed by atoms with van der Waals surface area (Å²) in [6, 6.07) is 0. The summed E-state index contributed by atoms with van der Waals surface area (Å²) in [5.74, 6) is -0.120. The third-order valence-electron chi connectivity index (χ3n) is 3.85. The number of thioether (sulfide) groups is 2. The maximum absolute atomic E-state index is 11.5. The third kappa shape index (κ3) is 4.97. The van der Waals surface area contributed by atoms with Crippen molar-refractivity contribution in [3.8, 4) is 0 Å². The molecule has 0 aromatic carbocycles. The predicted octanol–water partition coefficient (Wildman–Crippen LogP) is 1.38. The lowest BCUT2D eigenvalue weighted by Gasteiger charge is -2.13. The molecule has 0 aliphatic carbocycles. The summed E-state index contributed by atoms with van der Waals surface area (Å²) in [4.78, 5) is 47.4. The quantitative estimate of drug-likeness (QED) is 0.690. The van der Waals surface area contributed by atoms with E-state index in [-0.39, 0.29) is 34.1 Å². The molecule has 6 nitrogen and oxygen atoms in total. The van der Waals surface area contributed by atoms with Crippen LogP contribution in [0.4, 0.5) is 0 Å². The second-order valence-corrected chi connectivity index (χ2v) is 7.47. The average Bonchev–Trinajstić information content (AvgIpc) is 2.96. The molecule has 2 fully saturated rings. The van der Waals surface area contributed by atoms with Crippen LogP contribution < -0.4 is 0 Å². The number of carbonyl (C=O) groups excluding carboxylic acids is 4. The van der Waals surface area contributed by atoms with Gasteiger partial charge in [0.2, 0.25) is 23.6 Å². The second kappa shape index (κ2) is 9.32. The topological polar surface area (TPSA) is 74.8 Å². The van der Waals surface area contributed by atoms with E-state index in [1.807, 2.05) is 12.5 Å². The zero-order valence-electron chi connectivity index (χ0n) is 14.0. The summed E-state index contributed by atoms with van der Waals surface area (Å²) in [6.07, 6.45) is 6.41. The van der Waals surface area contributed by atoms with Crippen LogP contribution >= 0.6 is 23.5 Å². The Morgan fingerprint density at radius 2 is 1.48 bits per heavy atom. The molecule has 2 unspecified atom stereocenters. The van der Waals surface area contributed by atoms with Gasteiger partial charge in [0, 0.05) is 26.4 Å². The van der Waals surface area contributed by atoms with Crippen LogP contribution in [0, 0.1) is 0 Å². The minimum atomic E-state index is -0.127. The number of hydrogen-bond acceptors (Lipinski definition) is 6. The summed E-state index contributed by atoms with van der Waals surface area (Å²) in [5, 5.41) is -0.248. The van der Waals surface area contributed by atoms with E-state index in [1.54, 1.807) is 0 Å². The Labute approximate surface area is 145 Å². The molecule has 23 heavy (non-hydrogen) atoms. The van der Waals surface area contributed by atoms with Crippen molar-refractivity contribution in [2.24, 2.45) is 0 Å². The van der Waals surface area contributed by atoms with Crippen LogP contribution in [0.3, 0.4) is 0 Å². The first-order chi connectivity index (χ1) is 10.9. The standard InChI is InChI=1S/C9H15NO2S.C6H9NO2S/c1-3-4-5-10-8(11)6-7(13-2)9(10)12;1-7-5(8)3-4(10-2)6(7)9/h7H,3-6H2,1-2H3;4H,3H2,1-2H3. The Balaban J connectivity index is 0.000000238. The van der Waals surface area contributed by atoms with Crippen LogP contribution in [-0.4, -0.2) is 70.0 Å². The number of carbonyl (C=O) groups is 4. The summed E-state index contributed by atoms with van der Waals surface area (Å²) < 4.78 is 0. The summed E-state index contributed by atoms with van der Waals surface area (Å²) >= 11 is 2.91. The molecule has 4 amide bonds. The molecule has 0 bridgehead atoms. The molecule has 0 aromatic rings. The highest BCUT2D eigenvalue weighted by molar-refractivity contribution is 8.00. The van der Waals surface area contributed by atoms with Crippen molar-refractivity contribution < 1.29 is 19.2 Å². The maximum Gasteiger partial charge on any atom is 0.242 e. The first-order valence-corrected chi connectivity index (χ1v) is 10.1. The molecule has 2 heterocycles. The Morgan fingerprint density at radius 3 is 1.83 bits per heavy atom. The smallest absolute Gasteiger partial charge is 0.242 e. The molecule has 2 rings (SSSR count). The van der Waals surface area contributed by atoms with Crippen molar-refractivity contribution in [1.29, 1.82) is 0 Å². The van der Waals surface area contributed by atoms with E-state index in [9.17, 15) is 19.2 Å². The van der Waals surface area contributed by atoms with Crippen LogP contribution in [0.25, 0.3) is 0 Å². The second-order valence-electron chi connectivity index (χ2n) is 5.39. The van der Waals surface area contributed by atoms with Crippen molar-refractivity contribution in [1.82, 2.24) is 9.80 Å². The number of hydrogen-bond donors (Lipinski definition) is 0. The van der Waals surface area contributed by atoms with E-state index in [4.69, 9.17) is 0 Å². The van der Waals surface area contributed by atoms with E-state index in [2.05, 4.69) is 6.92 Å². The van der Waals surface area contributed by atoms with Crippen LogP contribution in [0.15, 0.2) is 0 Å². The van der Waals surface area contributed by atoms with E-state index in [0.717, 1.165) is 12.8 Å². The molecule has 2 saturated heterocycles. The van der Waals surface area contributed by atoms with Gasteiger partial charge in [0.05, 0.1) is 10.5 Å². The fourth-order valence-electron chi connectivity index (χ4n) is 2.29. The summed E-state index contributed by atoms with van der Waals surface area (Å²) in [7, 11) is 1.53. The highest BCUT2D eigenvalue weighted by atomic mass is 32.2. The normalized spacial score (nSPS) is 24.3.